The summed E-state index contributed by atoms with van der Waals surface area (Å²) in [5.41, 5.74) is -0.0788. The van der Waals surface area contributed by atoms with Crippen LogP contribution in [0.1, 0.15) is 31.0 Å². The second-order valence-electron chi connectivity index (χ2n) is 6.96. The molecule has 1 saturated heterocycles. The summed E-state index contributed by atoms with van der Waals surface area (Å²) in [6.45, 7) is 9.12. The van der Waals surface area contributed by atoms with Crippen molar-refractivity contribution in [3.8, 4) is 0 Å². The van der Waals surface area contributed by atoms with Gasteiger partial charge in [-0.25, -0.2) is 0 Å². The number of hydrogen-bond donors (Lipinski definition) is 2. The largest absolute Gasteiger partial charge is 0.416 e. The van der Waals surface area contributed by atoms with Crippen LogP contribution in [0.15, 0.2) is 29.3 Å². The number of alkyl halides is 3. The third-order valence-corrected chi connectivity index (χ3v) is 4.58. The zero-order chi connectivity index (χ0) is 19.9. The van der Waals surface area contributed by atoms with E-state index in [9.17, 15) is 13.2 Å². The first-order valence-electron chi connectivity index (χ1n) is 9.24. The van der Waals surface area contributed by atoms with Gasteiger partial charge in [0.1, 0.15) is 0 Å². The van der Waals surface area contributed by atoms with Crippen LogP contribution in [0.2, 0.25) is 0 Å². The molecule has 2 unspecified atom stereocenters. The van der Waals surface area contributed by atoms with Crippen molar-refractivity contribution < 1.29 is 17.9 Å². The predicted molar refractivity (Wildman–Crippen MR) is 116 cm³/mol. The monoisotopic (exact) mass is 514 g/mol. The molecule has 9 heteroatoms. The van der Waals surface area contributed by atoms with Crippen molar-refractivity contribution in [2.24, 2.45) is 10.9 Å². The van der Waals surface area contributed by atoms with Crippen LogP contribution in [-0.4, -0.2) is 57.3 Å². The average molecular weight is 514 g/mol. The van der Waals surface area contributed by atoms with Crippen LogP contribution in [0.25, 0.3) is 0 Å². The number of hydrogen-bond acceptors (Lipinski definition) is 3. The third kappa shape index (κ3) is 8.12. The fourth-order valence-electron chi connectivity index (χ4n) is 3.03. The molecule has 1 aromatic rings. The Balaban J connectivity index is 0.00000392. The normalized spacial score (nSPS) is 18.1. The van der Waals surface area contributed by atoms with Crippen molar-refractivity contribution >= 4 is 29.9 Å². The van der Waals surface area contributed by atoms with E-state index in [1.165, 1.54) is 12.1 Å². The molecule has 1 aliphatic heterocycles. The van der Waals surface area contributed by atoms with Gasteiger partial charge >= 0.3 is 6.18 Å². The van der Waals surface area contributed by atoms with Crippen LogP contribution < -0.4 is 10.6 Å². The lowest BCUT2D eigenvalue weighted by molar-refractivity contribution is -0.137. The van der Waals surface area contributed by atoms with Crippen molar-refractivity contribution in [1.29, 1.82) is 0 Å². The highest BCUT2D eigenvalue weighted by atomic mass is 127. The number of benzene rings is 1. The summed E-state index contributed by atoms with van der Waals surface area (Å²) in [4.78, 5) is 6.55. The van der Waals surface area contributed by atoms with E-state index >= 15 is 0 Å². The Kier molecular flexibility index (Phi) is 10.5. The molecule has 5 nitrogen and oxygen atoms in total. The molecule has 2 atom stereocenters. The van der Waals surface area contributed by atoms with Crippen LogP contribution in [0.4, 0.5) is 13.2 Å². The molecule has 0 amide bonds. The predicted octanol–water partition coefficient (Wildman–Crippen LogP) is 3.52. The van der Waals surface area contributed by atoms with Crippen LogP contribution in [0.5, 0.6) is 0 Å². The Morgan fingerprint density at radius 3 is 2.54 bits per heavy atom. The summed E-state index contributed by atoms with van der Waals surface area (Å²) in [5.74, 6) is 0.985. The number of guanidine groups is 1. The van der Waals surface area contributed by atoms with E-state index in [0.717, 1.165) is 45.5 Å². The van der Waals surface area contributed by atoms with Crippen LogP contribution in [-0.2, 0) is 10.9 Å². The summed E-state index contributed by atoms with van der Waals surface area (Å²) < 4.78 is 44.0. The number of morpholine rings is 1. The van der Waals surface area contributed by atoms with Gasteiger partial charge < -0.3 is 15.4 Å². The minimum Gasteiger partial charge on any atom is -0.379 e. The van der Waals surface area contributed by atoms with Gasteiger partial charge in [0.05, 0.1) is 24.8 Å². The van der Waals surface area contributed by atoms with Gasteiger partial charge in [0, 0.05) is 33.2 Å². The average Bonchev–Trinajstić information content (AvgIpc) is 2.65. The molecule has 0 radical (unpaired) electrons. The zero-order valence-corrected chi connectivity index (χ0v) is 18.9. The molecule has 0 saturated carbocycles. The smallest absolute Gasteiger partial charge is 0.379 e. The summed E-state index contributed by atoms with van der Waals surface area (Å²) in [6.07, 6.45) is -4.34. The highest BCUT2D eigenvalue weighted by Crippen LogP contribution is 2.30. The van der Waals surface area contributed by atoms with Gasteiger partial charge in [-0.2, -0.15) is 13.2 Å². The van der Waals surface area contributed by atoms with Crippen molar-refractivity contribution in [2.45, 2.75) is 26.1 Å². The maximum atomic E-state index is 12.9. The van der Waals surface area contributed by atoms with E-state index in [1.807, 2.05) is 6.92 Å². The topological polar surface area (TPSA) is 48.9 Å². The SMILES string of the molecule is CN=C(NCC(C)CN1CCOCC1)NC(C)c1cccc(C(F)(F)F)c1.I. The lowest BCUT2D eigenvalue weighted by atomic mass is 10.1. The van der Waals surface area contributed by atoms with E-state index in [0.29, 0.717) is 17.4 Å². The van der Waals surface area contributed by atoms with Crippen molar-refractivity contribution in [3.05, 3.63) is 35.4 Å². The molecule has 0 bridgehead atoms. The van der Waals surface area contributed by atoms with E-state index in [2.05, 4.69) is 27.4 Å². The van der Waals surface area contributed by atoms with Gasteiger partial charge in [0.25, 0.3) is 0 Å². The number of rotatable bonds is 6. The van der Waals surface area contributed by atoms with Gasteiger partial charge in [-0.3, -0.25) is 9.89 Å². The quantitative estimate of drug-likeness (QED) is 0.347. The molecule has 0 aromatic heterocycles. The molecule has 0 spiro atoms. The summed E-state index contributed by atoms with van der Waals surface area (Å²) >= 11 is 0. The first-order valence-corrected chi connectivity index (χ1v) is 9.24. The van der Waals surface area contributed by atoms with Gasteiger partial charge in [0.2, 0.25) is 0 Å². The molecule has 1 heterocycles. The summed E-state index contributed by atoms with van der Waals surface area (Å²) in [7, 11) is 1.65. The number of nitrogens with zero attached hydrogens (tertiary/aromatic N) is 2. The van der Waals surface area contributed by atoms with Crippen LogP contribution in [0, 0.1) is 5.92 Å². The fourth-order valence-corrected chi connectivity index (χ4v) is 3.03. The highest BCUT2D eigenvalue weighted by Gasteiger charge is 2.30. The van der Waals surface area contributed by atoms with Crippen molar-refractivity contribution in [3.63, 3.8) is 0 Å². The maximum absolute atomic E-state index is 12.9. The Morgan fingerprint density at radius 1 is 1.25 bits per heavy atom. The standard InChI is InChI=1S/C19H29F3N4O.HI/c1-14(13-26-7-9-27-10-8-26)12-24-18(23-3)25-15(2)16-5-4-6-17(11-16)19(20,21)22;/h4-6,11,14-15H,7-10,12-13H2,1-3H3,(H2,23,24,25);1H. The molecule has 2 rings (SSSR count). The van der Waals surface area contributed by atoms with E-state index in [4.69, 9.17) is 4.74 Å². The first kappa shape index (κ1) is 25.0. The van der Waals surface area contributed by atoms with Gasteiger partial charge in [-0.15, -0.1) is 24.0 Å². The fraction of sp³-hybridized carbons (Fsp3) is 0.632. The molecular weight excluding hydrogens is 484 g/mol. The molecule has 1 aromatic carbocycles. The number of nitrogens with one attached hydrogen (secondary N) is 2. The summed E-state index contributed by atoms with van der Waals surface area (Å²) in [6, 6.07) is 5.06. The van der Waals surface area contributed by atoms with Gasteiger partial charge in [0.15, 0.2) is 5.96 Å². The Hall–Kier alpha value is -1.07. The van der Waals surface area contributed by atoms with Crippen molar-refractivity contribution in [2.75, 3.05) is 46.4 Å². The summed E-state index contributed by atoms with van der Waals surface area (Å²) in [5, 5.41) is 6.42. The lowest BCUT2D eigenvalue weighted by Crippen LogP contribution is -2.44. The molecule has 1 aliphatic rings. The molecule has 2 N–H and O–H groups in total. The second kappa shape index (κ2) is 11.8. The van der Waals surface area contributed by atoms with Crippen LogP contribution >= 0.6 is 24.0 Å². The first-order chi connectivity index (χ1) is 12.8. The number of aliphatic imine (C=N–C) groups is 1. The second-order valence-corrected chi connectivity index (χ2v) is 6.96. The minimum atomic E-state index is -4.34. The highest BCUT2D eigenvalue weighted by molar-refractivity contribution is 14.0. The van der Waals surface area contributed by atoms with Crippen molar-refractivity contribution in [1.82, 2.24) is 15.5 Å². The molecule has 160 valence electrons. The van der Waals surface area contributed by atoms with E-state index < -0.39 is 11.7 Å². The molecule has 28 heavy (non-hydrogen) atoms. The Morgan fingerprint density at radius 2 is 1.93 bits per heavy atom. The minimum absolute atomic E-state index is 0. The molecular formula is C19H30F3IN4O. The Bertz CT molecular complexity index is 621. The molecule has 0 aliphatic carbocycles. The number of ether oxygens (including phenoxy) is 1. The number of halogens is 4. The van der Waals surface area contributed by atoms with E-state index in [-0.39, 0.29) is 30.0 Å². The third-order valence-electron chi connectivity index (χ3n) is 4.58. The van der Waals surface area contributed by atoms with Crippen LogP contribution in [0.3, 0.4) is 0 Å². The molecule has 1 fully saturated rings. The van der Waals surface area contributed by atoms with Gasteiger partial charge in [-0.1, -0.05) is 19.1 Å². The lowest BCUT2D eigenvalue weighted by Gasteiger charge is -2.29. The Labute approximate surface area is 182 Å². The zero-order valence-electron chi connectivity index (χ0n) is 16.6. The van der Waals surface area contributed by atoms with E-state index in [1.54, 1.807) is 13.1 Å². The van der Waals surface area contributed by atoms with Gasteiger partial charge in [-0.05, 0) is 30.5 Å². The maximum Gasteiger partial charge on any atom is 0.416 e.